The molecule has 1 aliphatic heterocycles. The van der Waals surface area contributed by atoms with E-state index in [0.29, 0.717) is 16.9 Å². The predicted molar refractivity (Wildman–Crippen MR) is 99.5 cm³/mol. The average Bonchev–Trinajstić information content (AvgIpc) is 3.23. The van der Waals surface area contributed by atoms with Gasteiger partial charge in [0, 0.05) is 24.1 Å². The molecule has 0 spiro atoms. The summed E-state index contributed by atoms with van der Waals surface area (Å²) in [4.78, 5) is 17.2. The number of para-hydroxylation sites is 2. The SMILES string of the molecule is O=C(Nc1ccccc1-c1cn2c(n1)SCC2)c1ccccc1OC(F)(F)F. The number of benzene rings is 2. The Morgan fingerprint density at radius 3 is 2.68 bits per heavy atom. The lowest BCUT2D eigenvalue weighted by Gasteiger charge is -2.14. The van der Waals surface area contributed by atoms with Crippen LogP contribution in [-0.2, 0) is 6.54 Å². The lowest BCUT2D eigenvalue weighted by atomic mass is 10.1. The van der Waals surface area contributed by atoms with E-state index in [0.717, 1.165) is 23.5 Å². The molecule has 2 heterocycles. The Hall–Kier alpha value is -2.94. The third-order valence-electron chi connectivity index (χ3n) is 4.11. The van der Waals surface area contributed by atoms with Crippen molar-refractivity contribution in [2.75, 3.05) is 11.1 Å². The molecule has 1 N–H and O–H groups in total. The second-order valence-electron chi connectivity index (χ2n) is 5.99. The van der Waals surface area contributed by atoms with E-state index in [4.69, 9.17) is 0 Å². The van der Waals surface area contributed by atoms with E-state index < -0.39 is 18.0 Å². The van der Waals surface area contributed by atoms with Gasteiger partial charge in [-0.25, -0.2) is 4.98 Å². The summed E-state index contributed by atoms with van der Waals surface area (Å²) in [5, 5.41) is 3.58. The van der Waals surface area contributed by atoms with E-state index in [1.54, 1.807) is 30.0 Å². The highest BCUT2D eigenvalue weighted by Gasteiger charge is 2.33. The van der Waals surface area contributed by atoms with Crippen molar-refractivity contribution in [1.82, 2.24) is 9.55 Å². The quantitative estimate of drug-likeness (QED) is 0.677. The summed E-state index contributed by atoms with van der Waals surface area (Å²) < 4.78 is 43.8. The molecule has 28 heavy (non-hydrogen) atoms. The molecule has 144 valence electrons. The summed E-state index contributed by atoms with van der Waals surface area (Å²) in [5.74, 6) is -0.285. The number of hydrogen-bond donors (Lipinski definition) is 1. The highest BCUT2D eigenvalue weighted by molar-refractivity contribution is 7.99. The van der Waals surface area contributed by atoms with Gasteiger partial charge >= 0.3 is 6.36 Å². The predicted octanol–water partition coefficient (Wildman–Crippen LogP) is 4.81. The normalized spacial score (nSPS) is 13.2. The third kappa shape index (κ3) is 3.84. The third-order valence-corrected chi connectivity index (χ3v) is 5.08. The number of ether oxygens (including phenoxy) is 1. The second kappa shape index (κ2) is 7.23. The van der Waals surface area contributed by atoms with Gasteiger partial charge in [0.1, 0.15) is 5.75 Å². The van der Waals surface area contributed by atoms with Crippen molar-refractivity contribution in [2.45, 2.75) is 18.1 Å². The molecular weight excluding hydrogens is 391 g/mol. The zero-order valence-corrected chi connectivity index (χ0v) is 15.2. The summed E-state index contributed by atoms with van der Waals surface area (Å²) in [5.41, 5.74) is 1.62. The average molecular weight is 405 g/mol. The Morgan fingerprint density at radius 2 is 1.89 bits per heavy atom. The lowest BCUT2D eigenvalue weighted by molar-refractivity contribution is -0.274. The topological polar surface area (TPSA) is 56.2 Å². The summed E-state index contributed by atoms with van der Waals surface area (Å²) in [6.45, 7) is 0.865. The van der Waals surface area contributed by atoms with E-state index in [2.05, 4.69) is 15.0 Å². The van der Waals surface area contributed by atoms with Crippen molar-refractivity contribution in [2.24, 2.45) is 0 Å². The molecule has 4 rings (SSSR count). The Labute approximate surface area is 162 Å². The van der Waals surface area contributed by atoms with Crippen molar-refractivity contribution in [3.63, 3.8) is 0 Å². The van der Waals surface area contributed by atoms with E-state index in [1.807, 2.05) is 16.8 Å². The number of imidazole rings is 1. The first-order chi connectivity index (χ1) is 13.4. The number of alkyl halides is 3. The minimum Gasteiger partial charge on any atom is -0.405 e. The molecule has 3 aromatic rings. The second-order valence-corrected chi connectivity index (χ2v) is 7.06. The standard InChI is InChI=1S/C19H14F3N3O2S/c20-19(21,22)27-16-8-4-2-6-13(16)17(26)23-14-7-3-1-5-12(14)15-11-25-9-10-28-18(25)24-15/h1-8,11H,9-10H2,(H,23,26). The van der Waals surface area contributed by atoms with Crippen LogP contribution in [0.2, 0.25) is 0 Å². The van der Waals surface area contributed by atoms with Crippen molar-refractivity contribution >= 4 is 23.4 Å². The number of fused-ring (bicyclic) bond motifs is 1. The maximum absolute atomic E-state index is 12.7. The van der Waals surface area contributed by atoms with Gasteiger partial charge in [0.25, 0.3) is 5.91 Å². The van der Waals surface area contributed by atoms with Gasteiger partial charge in [-0.3, -0.25) is 4.79 Å². The number of aromatic nitrogens is 2. The zero-order valence-electron chi connectivity index (χ0n) is 14.4. The van der Waals surface area contributed by atoms with Crippen LogP contribution in [0, 0.1) is 0 Å². The van der Waals surface area contributed by atoms with Crippen LogP contribution >= 0.6 is 11.8 Å². The van der Waals surface area contributed by atoms with Crippen LogP contribution in [0.5, 0.6) is 5.75 Å². The van der Waals surface area contributed by atoms with Crippen LogP contribution in [0.15, 0.2) is 59.9 Å². The molecule has 0 aliphatic carbocycles. The Kier molecular flexibility index (Phi) is 4.76. The highest BCUT2D eigenvalue weighted by atomic mass is 32.2. The van der Waals surface area contributed by atoms with Gasteiger partial charge in [0.15, 0.2) is 5.16 Å². The molecule has 1 amide bonds. The van der Waals surface area contributed by atoms with Gasteiger partial charge in [-0.15, -0.1) is 13.2 Å². The Bertz CT molecular complexity index is 1010. The summed E-state index contributed by atoms with van der Waals surface area (Å²) >= 11 is 1.65. The number of nitrogens with zero attached hydrogens (tertiary/aromatic N) is 2. The number of nitrogens with one attached hydrogen (secondary N) is 1. The van der Waals surface area contributed by atoms with Crippen LogP contribution in [0.4, 0.5) is 18.9 Å². The molecule has 0 bridgehead atoms. The number of thioether (sulfide) groups is 1. The minimum absolute atomic E-state index is 0.211. The largest absolute Gasteiger partial charge is 0.573 e. The maximum Gasteiger partial charge on any atom is 0.573 e. The number of rotatable bonds is 4. The van der Waals surface area contributed by atoms with Crippen molar-refractivity contribution in [1.29, 1.82) is 0 Å². The van der Waals surface area contributed by atoms with Crippen molar-refractivity contribution in [3.8, 4) is 17.0 Å². The highest BCUT2D eigenvalue weighted by Crippen LogP contribution is 2.33. The summed E-state index contributed by atoms with van der Waals surface area (Å²) in [6, 6.07) is 12.2. The van der Waals surface area contributed by atoms with E-state index in [1.165, 1.54) is 18.2 Å². The molecule has 0 radical (unpaired) electrons. The number of carbonyl (C=O) groups is 1. The molecule has 2 aromatic carbocycles. The van der Waals surface area contributed by atoms with Crippen molar-refractivity contribution in [3.05, 3.63) is 60.3 Å². The number of amides is 1. The van der Waals surface area contributed by atoms with Gasteiger partial charge in [-0.1, -0.05) is 42.1 Å². The molecule has 1 aromatic heterocycles. The van der Waals surface area contributed by atoms with E-state index in [-0.39, 0.29) is 5.56 Å². The first kappa shape index (κ1) is 18.4. The first-order valence-corrected chi connectivity index (χ1v) is 9.35. The Morgan fingerprint density at radius 1 is 1.14 bits per heavy atom. The van der Waals surface area contributed by atoms with Crippen LogP contribution in [0.25, 0.3) is 11.3 Å². The molecule has 0 atom stereocenters. The number of halogens is 3. The first-order valence-electron chi connectivity index (χ1n) is 8.36. The van der Waals surface area contributed by atoms with Gasteiger partial charge in [-0.2, -0.15) is 0 Å². The summed E-state index contributed by atoms with van der Waals surface area (Å²) in [7, 11) is 0. The fourth-order valence-electron chi connectivity index (χ4n) is 2.91. The van der Waals surface area contributed by atoms with Crippen LogP contribution in [0.1, 0.15) is 10.4 Å². The number of aryl methyl sites for hydroxylation is 1. The van der Waals surface area contributed by atoms with Gasteiger partial charge in [0.2, 0.25) is 0 Å². The molecule has 9 heteroatoms. The van der Waals surface area contributed by atoms with Crippen LogP contribution in [0.3, 0.4) is 0 Å². The van der Waals surface area contributed by atoms with Gasteiger partial charge < -0.3 is 14.6 Å². The van der Waals surface area contributed by atoms with E-state index in [9.17, 15) is 18.0 Å². The van der Waals surface area contributed by atoms with Crippen LogP contribution in [-0.4, -0.2) is 27.6 Å². The smallest absolute Gasteiger partial charge is 0.405 e. The van der Waals surface area contributed by atoms with E-state index >= 15 is 0 Å². The Balaban J connectivity index is 1.63. The van der Waals surface area contributed by atoms with Crippen molar-refractivity contribution < 1.29 is 22.7 Å². The molecule has 1 aliphatic rings. The zero-order chi connectivity index (χ0) is 19.7. The summed E-state index contributed by atoms with van der Waals surface area (Å²) in [6.07, 6.45) is -2.98. The molecule has 0 unspecified atom stereocenters. The maximum atomic E-state index is 12.7. The number of hydrogen-bond acceptors (Lipinski definition) is 4. The molecule has 5 nitrogen and oxygen atoms in total. The van der Waals surface area contributed by atoms with Gasteiger partial charge in [0.05, 0.1) is 16.9 Å². The number of anilines is 1. The molecular formula is C19H14F3N3O2S. The molecule has 0 saturated heterocycles. The number of carbonyl (C=O) groups excluding carboxylic acids is 1. The lowest BCUT2D eigenvalue weighted by Crippen LogP contribution is -2.21. The molecule has 0 fully saturated rings. The van der Waals surface area contributed by atoms with Gasteiger partial charge in [-0.05, 0) is 18.2 Å². The monoisotopic (exact) mass is 405 g/mol. The minimum atomic E-state index is -4.89. The fourth-order valence-corrected chi connectivity index (χ4v) is 3.86. The fraction of sp³-hybridized carbons (Fsp3) is 0.158. The van der Waals surface area contributed by atoms with Crippen LogP contribution < -0.4 is 10.1 Å². The molecule has 0 saturated carbocycles.